The van der Waals surface area contributed by atoms with Gasteiger partial charge in [0.2, 0.25) is 0 Å². The predicted molar refractivity (Wildman–Crippen MR) is 130 cm³/mol. The second-order valence-corrected chi connectivity index (χ2v) is 8.20. The second-order valence-electron chi connectivity index (χ2n) is 7.34. The average Bonchev–Trinajstić information content (AvgIpc) is 2.79. The van der Waals surface area contributed by atoms with Gasteiger partial charge in [0.15, 0.2) is 0 Å². The van der Waals surface area contributed by atoms with E-state index >= 15 is 0 Å². The summed E-state index contributed by atoms with van der Waals surface area (Å²) >= 11 is 3.44. The molecule has 33 heavy (non-hydrogen) atoms. The van der Waals surface area contributed by atoms with Gasteiger partial charge >= 0.3 is 0 Å². The molecule has 0 saturated heterocycles. The first-order chi connectivity index (χ1) is 15.8. The van der Waals surface area contributed by atoms with Gasteiger partial charge < -0.3 is 10.1 Å². The van der Waals surface area contributed by atoms with E-state index in [2.05, 4.69) is 21.2 Å². The number of nitro groups is 1. The monoisotopic (exact) mass is 505 g/mol. The van der Waals surface area contributed by atoms with Crippen LogP contribution in [0.25, 0.3) is 6.08 Å². The van der Waals surface area contributed by atoms with Crippen LogP contribution in [-0.2, 0) is 11.4 Å². The highest BCUT2D eigenvalue weighted by molar-refractivity contribution is 9.10. The molecule has 1 amide bonds. The SMILES string of the molecule is Cc1ccc(NC(=O)/C(C#N)=C/c2ccc(OCc3ccc([N+](=O)[O-])cc3)c(Br)c2)c(C)c1. The van der Waals surface area contributed by atoms with Gasteiger partial charge in [-0.05, 0) is 82.9 Å². The molecule has 1 N–H and O–H groups in total. The van der Waals surface area contributed by atoms with Crippen LogP contribution in [0, 0.1) is 35.3 Å². The largest absolute Gasteiger partial charge is 0.488 e. The number of amides is 1. The lowest BCUT2D eigenvalue weighted by Gasteiger charge is -2.10. The number of anilines is 1. The van der Waals surface area contributed by atoms with E-state index in [0.717, 1.165) is 16.7 Å². The molecule has 0 unspecified atom stereocenters. The van der Waals surface area contributed by atoms with Crippen molar-refractivity contribution in [2.75, 3.05) is 5.32 Å². The van der Waals surface area contributed by atoms with Gasteiger partial charge in [0.05, 0.1) is 9.40 Å². The third kappa shape index (κ3) is 6.28. The first-order valence-electron chi connectivity index (χ1n) is 9.93. The maximum atomic E-state index is 12.6. The van der Waals surface area contributed by atoms with Crippen molar-refractivity contribution in [3.63, 3.8) is 0 Å². The van der Waals surface area contributed by atoms with Crippen LogP contribution >= 0.6 is 15.9 Å². The van der Waals surface area contributed by atoms with Crippen molar-refractivity contribution in [1.29, 1.82) is 5.26 Å². The lowest BCUT2D eigenvalue weighted by molar-refractivity contribution is -0.384. The van der Waals surface area contributed by atoms with Crippen molar-refractivity contribution in [3.05, 3.63) is 103 Å². The molecule has 0 aliphatic carbocycles. The summed E-state index contributed by atoms with van der Waals surface area (Å²) in [5, 5.41) is 23.0. The van der Waals surface area contributed by atoms with Crippen LogP contribution in [0.5, 0.6) is 5.75 Å². The van der Waals surface area contributed by atoms with Crippen molar-refractivity contribution in [2.45, 2.75) is 20.5 Å². The number of nitro benzene ring substituents is 1. The summed E-state index contributed by atoms with van der Waals surface area (Å²) in [7, 11) is 0. The Kier molecular flexibility index (Phi) is 7.59. The minimum Gasteiger partial charge on any atom is -0.488 e. The molecule has 0 aromatic heterocycles. The summed E-state index contributed by atoms with van der Waals surface area (Å²) < 4.78 is 6.42. The van der Waals surface area contributed by atoms with Gasteiger partial charge in [0.1, 0.15) is 24.0 Å². The van der Waals surface area contributed by atoms with E-state index < -0.39 is 10.8 Å². The molecule has 0 spiro atoms. The number of benzene rings is 3. The Morgan fingerprint density at radius 1 is 1.15 bits per heavy atom. The number of halogens is 1. The van der Waals surface area contributed by atoms with Crippen molar-refractivity contribution >= 4 is 39.3 Å². The van der Waals surface area contributed by atoms with Gasteiger partial charge in [-0.15, -0.1) is 0 Å². The number of hydrogen-bond acceptors (Lipinski definition) is 5. The zero-order chi connectivity index (χ0) is 24.0. The number of carbonyl (C=O) groups is 1. The Balaban J connectivity index is 1.69. The summed E-state index contributed by atoms with van der Waals surface area (Å²) in [5.74, 6) is 0.0721. The predicted octanol–water partition coefficient (Wildman–Crippen LogP) is 6.10. The van der Waals surface area contributed by atoms with Crippen LogP contribution < -0.4 is 10.1 Å². The van der Waals surface area contributed by atoms with Crippen LogP contribution in [-0.4, -0.2) is 10.8 Å². The quantitative estimate of drug-likeness (QED) is 0.181. The average molecular weight is 506 g/mol. The van der Waals surface area contributed by atoms with E-state index in [1.165, 1.54) is 18.2 Å². The topological polar surface area (TPSA) is 105 Å². The zero-order valence-corrected chi connectivity index (χ0v) is 19.5. The minimum absolute atomic E-state index is 0.0194. The van der Waals surface area contributed by atoms with Crippen molar-refractivity contribution in [3.8, 4) is 11.8 Å². The molecule has 0 aliphatic rings. The highest BCUT2D eigenvalue weighted by atomic mass is 79.9. The van der Waals surface area contributed by atoms with Crippen LogP contribution in [0.2, 0.25) is 0 Å². The smallest absolute Gasteiger partial charge is 0.269 e. The molecule has 7 nitrogen and oxygen atoms in total. The molecule has 0 aliphatic heterocycles. The highest BCUT2D eigenvalue weighted by Crippen LogP contribution is 2.28. The molecule has 3 rings (SSSR count). The highest BCUT2D eigenvalue weighted by Gasteiger charge is 2.12. The van der Waals surface area contributed by atoms with Crippen LogP contribution in [0.3, 0.4) is 0 Å². The fraction of sp³-hybridized carbons (Fsp3) is 0.120. The molecule has 3 aromatic rings. The second kappa shape index (κ2) is 10.6. The van der Waals surface area contributed by atoms with Crippen molar-refractivity contribution < 1.29 is 14.5 Å². The van der Waals surface area contributed by atoms with E-state index in [1.54, 1.807) is 30.3 Å². The summed E-state index contributed by atoms with van der Waals surface area (Å²) in [6.45, 7) is 4.09. The van der Waals surface area contributed by atoms with Crippen LogP contribution in [0.15, 0.2) is 70.7 Å². The lowest BCUT2D eigenvalue weighted by Crippen LogP contribution is -2.14. The first-order valence-corrected chi connectivity index (χ1v) is 10.7. The number of nitriles is 1. The maximum Gasteiger partial charge on any atom is 0.269 e. The van der Waals surface area contributed by atoms with E-state index in [1.807, 2.05) is 38.1 Å². The fourth-order valence-corrected chi connectivity index (χ4v) is 3.57. The molecule has 0 bridgehead atoms. The van der Waals surface area contributed by atoms with Crippen LogP contribution in [0.1, 0.15) is 22.3 Å². The molecule has 0 radical (unpaired) electrons. The number of hydrogen-bond donors (Lipinski definition) is 1. The van der Waals surface area contributed by atoms with Crippen molar-refractivity contribution in [1.82, 2.24) is 0 Å². The molecule has 3 aromatic carbocycles. The number of aryl methyl sites for hydroxylation is 2. The number of nitrogens with one attached hydrogen (secondary N) is 1. The lowest BCUT2D eigenvalue weighted by atomic mass is 10.1. The van der Waals surface area contributed by atoms with Gasteiger partial charge in [0.25, 0.3) is 11.6 Å². The van der Waals surface area contributed by atoms with Crippen LogP contribution in [0.4, 0.5) is 11.4 Å². The van der Waals surface area contributed by atoms with Crippen molar-refractivity contribution in [2.24, 2.45) is 0 Å². The Morgan fingerprint density at radius 2 is 1.88 bits per heavy atom. The van der Waals surface area contributed by atoms with Gasteiger partial charge in [-0.25, -0.2) is 0 Å². The normalized spacial score (nSPS) is 10.9. The van der Waals surface area contributed by atoms with E-state index in [4.69, 9.17) is 4.74 Å². The Labute approximate surface area is 199 Å². The number of nitrogens with zero attached hydrogens (tertiary/aromatic N) is 2. The standard InChI is InChI=1S/C25H20BrN3O4/c1-16-3-9-23(17(2)11-16)28-25(30)20(14-27)12-19-6-10-24(22(26)13-19)33-15-18-4-7-21(8-5-18)29(31)32/h3-13H,15H2,1-2H3,(H,28,30)/b20-12+. The fourth-order valence-electron chi connectivity index (χ4n) is 3.06. The zero-order valence-electron chi connectivity index (χ0n) is 18.0. The number of carbonyl (C=O) groups excluding carboxylic acids is 1. The molecule has 166 valence electrons. The number of non-ortho nitro benzene ring substituents is 1. The summed E-state index contributed by atoms with van der Waals surface area (Å²) in [6, 6.07) is 18.9. The number of ether oxygens (including phenoxy) is 1. The Morgan fingerprint density at radius 3 is 2.48 bits per heavy atom. The van der Waals surface area contributed by atoms with Gasteiger partial charge in [-0.2, -0.15) is 5.26 Å². The van der Waals surface area contributed by atoms with Gasteiger partial charge in [0, 0.05) is 17.8 Å². The minimum atomic E-state index is -0.487. The van der Waals surface area contributed by atoms with Gasteiger partial charge in [-0.1, -0.05) is 23.8 Å². The molecule has 0 atom stereocenters. The Hall–Kier alpha value is -3.96. The number of rotatable bonds is 7. The Bertz CT molecular complexity index is 1280. The molecule has 0 saturated carbocycles. The molecular formula is C25H20BrN3O4. The first kappa shape index (κ1) is 23.7. The van der Waals surface area contributed by atoms with Gasteiger partial charge in [-0.3, -0.25) is 14.9 Å². The maximum absolute atomic E-state index is 12.6. The van der Waals surface area contributed by atoms with E-state index in [9.17, 15) is 20.2 Å². The third-order valence-electron chi connectivity index (χ3n) is 4.80. The summed E-state index contributed by atoms with van der Waals surface area (Å²) in [5.41, 5.74) is 4.08. The summed E-state index contributed by atoms with van der Waals surface area (Å²) in [4.78, 5) is 22.9. The molecule has 0 heterocycles. The van der Waals surface area contributed by atoms with E-state index in [0.29, 0.717) is 21.5 Å². The summed E-state index contributed by atoms with van der Waals surface area (Å²) in [6.07, 6.45) is 1.50. The molecule has 8 heteroatoms. The van der Waals surface area contributed by atoms with E-state index in [-0.39, 0.29) is 17.9 Å². The molecular weight excluding hydrogens is 486 g/mol. The third-order valence-corrected chi connectivity index (χ3v) is 5.42. The molecule has 0 fully saturated rings.